The fourth-order valence-electron chi connectivity index (χ4n) is 3.21. The Labute approximate surface area is 182 Å². The molecule has 2 aromatic rings. The summed E-state index contributed by atoms with van der Waals surface area (Å²) in [5.74, 6) is 0.303. The Hall–Kier alpha value is -2.04. The second kappa shape index (κ2) is 9.40. The van der Waals surface area contributed by atoms with E-state index in [0.717, 1.165) is 41.6 Å². The maximum absolute atomic E-state index is 12.7. The standard InChI is InChI=1S/C20H29N5O3S2/c1-13(2)18(26)21-19-22-23-20(29-19)30(27,28)24-15(4)16-5-7-17(8-6-16)25-11-9-14(3)10-12-25/h5-8,13-15,24H,9-12H2,1-4H3,(H,21,22,26)/t15-/m0/s1. The molecule has 164 valence electrons. The van der Waals surface area contributed by atoms with Crippen LogP contribution < -0.4 is 14.9 Å². The van der Waals surface area contributed by atoms with Gasteiger partial charge in [0.1, 0.15) is 0 Å². The summed E-state index contributed by atoms with van der Waals surface area (Å²) in [6, 6.07) is 7.56. The normalized spacial score (nSPS) is 16.6. The van der Waals surface area contributed by atoms with Crippen LogP contribution in [0.25, 0.3) is 0 Å². The van der Waals surface area contributed by atoms with Gasteiger partial charge >= 0.3 is 0 Å². The largest absolute Gasteiger partial charge is 0.372 e. The van der Waals surface area contributed by atoms with Gasteiger partial charge in [0.25, 0.3) is 10.0 Å². The third-order valence-corrected chi connectivity index (χ3v) is 8.01. The average molecular weight is 452 g/mol. The molecule has 0 bridgehead atoms. The summed E-state index contributed by atoms with van der Waals surface area (Å²) in [5, 5.41) is 10.2. The maximum atomic E-state index is 12.7. The van der Waals surface area contributed by atoms with Gasteiger partial charge < -0.3 is 10.2 Å². The number of nitrogens with zero attached hydrogens (tertiary/aromatic N) is 3. The van der Waals surface area contributed by atoms with Crippen LogP contribution in [0.4, 0.5) is 10.8 Å². The van der Waals surface area contributed by atoms with Gasteiger partial charge in [-0.1, -0.05) is 44.2 Å². The zero-order valence-electron chi connectivity index (χ0n) is 17.8. The van der Waals surface area contributed by atoms with Crippen LogP contribution in [0.15, 0.2) is 28.6 Å². The summed E-state index contributed by atoms with van der Waals surface area (Å²) in [5.41, 5.74) is 2.03. The molecule has 3 rings (SSSR count). The Morgan fingerprint density at radius 3 is 2.37 bits per heavy atom. The highest BCUT2D eigenvalue weighted by molar-refractivity contribution is 7.91. The van der Waals surface area contributed by atoms with Crippen LogP contribution in [0.5, 0.6) is 0 Å². The van der Waals surface area contributed by atoms with Crippen molar-refractivity contribution < 1.29 is 13.2 Å². The van der Waals surface area contributed by atoms with E-state index in [-0.39, 0.29) is 21.3 Å². The minimum absolute atomic E-state index is 0.168. The molecule has 0 saturated carbocycles. The van der Waals surface area contributed by atoms with E-state index in [1.54, 1.807) is 20.8 Å². The van der Waals surface area contributed by atoms with Crippen LogP contribution in [-0.4, -0.2) is 37.6 Å². The van der Waals surface area contributed by atoms with Gasteiger partial charge in [-0.05, 0) is 43.4 Å². The number of anilines is 2. The molecule has 8 nitrogen and oxygen atoms in total. The molecule has 0 radical (unpaired) electrons. The highest BCUT2D eigenvalue weighted by Gasteiger charge is 2.24. The van der Waals surface area contributed by atoms with Gasteiger partial charge in [-0.15, -0.1) is 10.2 Å². The number of nitrogens with one attached hydrogen (secondary N) is 2. The van der Waals surface area contributed by atoms with Gasteiger partial charge in [0.05, 0.1) is 0 Å². The molecule has 0 aliphatic carbocycles. The van der Waals surface area contributed by atoms with Crippen molar-refractivity contribution in [3.05, 3.63) is 29.8 Å². The van der Waals surface area contributed by atoms with E-state index in [9.17, 15) is 13.2 Å². The number of sulfonamides is 1. The number of hydrogen-bond donors (Lipinski definition) is 2. The molecule has 1 aromatic carbocycles. The predicted molar refractivity (Wildman–Crippen MR) is 119 cm³/mol. The van der Waals surface area contributed by atoms with E-state index in [0.29, 0.717) is 0 Å². The molecule has 0 spiro atoms. The second-order valence-corrected chi connectivity index (χ2v) is 11.0. The maximum Gasteiger partial charge on any atom is 0.270 e. The van der Waals surface area contributed by atoms with Crippen LogP contribution in [0, 0.1) is 11.8 Å². The molecular weight excluding hydrogens is 422 g/mol. The molecule has 1 aromatic heterocycles. The van der Waals surface area contributed by atoms with Crippen LogP contribution in [0.2, 0.25) is 0 Å². The Bertz CT molecular complexity index is 965. The molecule has 1 amide bonds. The third kappa shape index (κ3) is 5.55. The molecule has 10 heteroatoms. The van der Waals surface area contributed by atoms with Crippen LogP contribution in [-0.2, 0) is 14.8 Å². The Morgan fingerprint density at radius 2 is 1.77 bits per heavy atom. The molecular formula is C20H29N5O3S2. The number of aromatic nitrogens is 2. The van der Waals surface area contributed by atoms with E-state index in [2.05, 4.69) is 32.1 Å². The Balaban J connectivity index is 1.64. The number of rotatable bonds is 7. The molecule has 0 unspecified atom stereocenters. The number of carbonyl (C=O) groups is 1. The monoisotopic (exact) mass is 451 g/mol. The van der Waals surface area contributed by atoms with Gasteiger partial charge in [0.15, 0.2) is 0 Å². The van der Waals surface area contributed by atoms with Crippen LogP contribution in [0.3, 0.4) is 0 Å². The lowest BCUT2D eigenvalue weighted by Crippen LogP contribution is -2.32. The Kier molecular flexibility index (Phi) is 7.10. The van der Waals surface area contributed by atoms with E-state index >= 15 is 0 Å². The SMILES string of the molecule is CC1CCN(c2ccc([C@H](C)NS(=O)(=O)c3nnc(NC(=O)C(C)C)s3)cc2)CC1. The summed E-state index contributed by atoms with van der Waals surface area (Å²) >= 11 is 0.833. The summed E-state index contributed by atoms with van der Waals surface area (Å²) in [4.78, 5) is 14.1. The van der Waals surface area contributed by atoms with Gasteiger partial charge in [0, 0.05) is 30.7 Å². The smallest absolute Gasteiger partial charge is 0.270 e. The van der Waals surface area contributed by atoms with Crippen molar-refractivity contribution in [2.24, 2.45) is 11.8 Å². The molecule has 2 N–H and O–H groups in total. The van der Waals surface area contributed by atoms with Gasteiger partial charge in [-0.25, -0.2) is 13.1 Å². The first kappa shape index (κ1) is 22.6. The number of piperidine rings is 1. The van der Waals surface area contributed by atoms with Crippen molar-refractivity contribution in [2.75, 3.05) is 23.3 Å². The fraction of sp³-hybridized carbons (Fsp3) is 0.550. The van der Waals surface area contributed by atoms with E-state index in [1.807, 2.05) is 24.3 Å². The molecule has 30 heavy (non-hydrogen) atoms. The first-order chi connectivity index (χ1) is 14.2. The molecule has 1 fully saturated rings. The number of hydrogen-bond acceptors (Lipinski definition) is 7. The lowest BCUT2D eigenvalue weighted by molar-refractivity contribution is -0.118. The summed E-state index contributed by atoms with van der Waals surface area (Å²) < 4.78 is 27.8. The molecule has 1 saturated heterocycles. The highest BCUT2D eigenvalue weighted by atomic mass is 32.2. The van der Waals surface area contributed by atoms with Crippen LogP contribution >= 0.6 is 11.3 Å². The predicted octanol–water partition coefficient (Wildman–Crippen LogP) is 3.41. The summed E-state index contributed by atoms with van der Waals surface area (Å²) in [7, 11) is -3.85. The minimum atomic E-state index is -3.85. The lowest BCUT2D eigenvalue weighted by atomic mass is 9.98. The third-order valence-electron chi connectivity index (χ3n) is 5.26. The topological polar surface area (TPSA) is 104 Å². The van der Waals surface area contributed by atoms with Crippen molar-refractivity contribution in [3.63, 3.8) is 0 Å². The first-order valence-corrected chi connectivity index (χ1v) is 12.5. The van der Waals surface area contributed by atoms with Crippen LogP contribution in [0.1, 0.15) is 52.1 Å². The van der Waals surface area contributed by atoms with Crippen molar-refractivity contribution in [2.45, 2.75) is 50.9 Å². The summed E-state index contributed by atoms with van der Waals surface area (Å²) in [6.07, 6.45) is 2.39. The van der Waals surface area contributed by atoms with E-state index < -0.39 is 16.1 Å². The van der Waals surface area contributed by atoms with Crippen molar-refractivity contribution >= 4 is 38.1 Å². The summed E-state index contributed by atoms with van der Waals surface area (Å²) in [6.45, 7) is 9.67. The molecule has 2 heterocycles. The zero-order valence-corrected chi connectivity index (χ0v) is 19.4. The highest BCUT2D eigenvalue weighted by Crippen LogP contribution is 2.26. The first-order valence-electron chi connectivity index (χ1n) is 10.2. The molecule has 1 aliphatic rings. The average Bonchev–Trinajstić information content (AvgIpc) is 3.18. The van der Waals surface area contributed by atoms with Gasteiger partial charge in [0.2, 0.25) is 15.4 Å². The van der Waals surface area contributed by atoms with Crippen molar-refractivity contribution in [1.29, 1.82) is 0 Å². The molecule has 1 aliphatic heterocycles. The second-order valence-electron chi connectivity index (χ2n) is 8.12. The lowest BCUT2D eigenvalue weighted by Gasteiger charge is -2.32. The number of benzene rings is 1. The Morgan fingerprint density at radius 1 is 1.13 bits per heavy atom. The van der Waals surface area contributed by atoms with Crippen molar-refractivity contribution in [3.8, 4) is 0 Å². The zero-order chi connectivity index (χ0) is 21.9. The number of carbonyl (C=O) groups excluding carboxylic acids is 1. The van der Waals surface area contributed by atoms with Gasteiger partial charge in [-0.2, -0.15) is 0 Å². The molecule has 1 atom stereocenters. The number of amides is 1. The minimum Gasteiger partial charge on any atom is -0.372 e. The van der Waals surface area contributed by atoms with Crippen molar-refractivity contribution in [1.82, 2.24) is 14.9 Å². The van der Waals surface area contributed by atoms with Gasteiger partial charge in [-0.3, -0.25) is 4.79 Å². The van der Waals surface area contributed by atoms with E-state index in [1.165, 1.54) is 12.8 Å². The van der Waals surface area contributed by atoms with E-state index in [4.69, 9.17) is 0 Å². The fourth-order valence-corrected chi connectivity index (χ4v) is 5.36. The quantitative estimate of drug-likeness (QED) is 0.625.